The van der Waals surface area contributed by atoms with E-state index in [4.69, 9.17) is 23.2 Å². The Labute approximate surface area is 77.8 Å². The Morgan fingerprint density at radius 2 is 2.00 bits per heavy atom. The summed E-state index contributed by atoms with van der Waals surface area (Å²) in [5, 5.41) is 3.37. The molecule has 3 heteroatoms. The van der Waals surface area contributed by atoms with Crippen molar-refractivity contribution >= 4 is 23.2 Å². The summed E-state index contributed by atoms with van der Waals surface area (Å²) in [4.78, 5) is 0. The maximum atomic E-state index is 5.45. The lowest BCUT2D eigenvalue weighted by Crippen LogP contribution is -2.25. The summed E-state index contributed by atoms with van der Waals surface area (Å²) >= 11 is 10.9. The van der Waals surface area contributed by atoms with Gasteiger partial charge in [-0.3, -0.25) is 0 Å². The van der Waals surface area contributed by atoms with Gasteiger partial charge in [-0.25, -0.2) is 0 Å². The van der Waals surface area contributed by atoms with Crippen LogP contribution in [0.25, 0.3) is 0 Å². The lowest BCUT2D eigenvalue weighted by molar-refractivity contribution is 0.556. The summed E-state index contributed by atoms with van der Waals surface area (Å²) in [7, 11) is 0. The van der Waals surface area contributed by atoms with Crippen molar-refractivity contribution in [1.82, 2.24) is 5.32 Å². The molecule has 0 atom stereocenters. The zero-order valence-corrected chi connectivity index (χ0v) is 7.96. The van der Waals surface area contributed by atoms with E-state index >= 15 is 0 Å². The Bertz CT molecular complexity index is 135. The number of hydrogen-bond acceptors (Lipinski definition) is 1. The summed E-state index contributed by atoms with van der Waals surface area (Å²) < 4.78 is 0.357. The first-order chi connectivity index (χ1) is 5.29. The molecule has 0 amide bonds. The summed E-state index contributed by atoms with van der Waals surface area (Å²) in [6.07, 6.45) is 7.11. The molecule has 1 N–H and O–H groups in total. The Kier molecular flexibility index (Phi) is 4.28. The largest absolute Gasteiger partial charge is 0.310 e. The van der Waals surface area contributed by atoms with E-state index in [1.807, 2.05) is 0 Å². The topological polar surface area (TPSA) is 12.0 Å². The Morgan fingerprint density at radius 3 is 2.55 bits per heavy atom. The summed E-state index contributed by atoms with van der Waals surface area (Å²) in [5.41, 5.74) is 0. The van der Waals surface area contributed by atoms with Crippen LogP contribution in [0, 0.1) is 0 Å². The SMILES string of the molecule is ClC(Cl)=CCNC1CCCC1. The fourth-order valence-corrected chi connectivity index (χ4v) is 1.59. The lowest BCUT2D eigenvalue weighted by Gasteiger charge is -2.08. The molecule has 0 radical (unpaired) electrons. The van der Waals surface area contributed by atoms with E-state index in [1.54, 1.807) is 6.08 Å². The van der Waals surface area contributed by atoms with Crippen LogP contribution >= 0.6 is 23.2 Å². The van der Waals surface area contributed by atoms with Gasteiger partial charge in [0.15, 0.2) is 0 Å². The first-order valence-electron chi connectivity index (χ1n) is 4.03. The molecule has 0 spiro atoms. The van der Waals surface area contributed by atoms with Crippen molar-refractivity contribution in [2.24, 2.45) is 0 Å². The van der Waals surface area contributed by atoms with Crippen molar-refractivity contribution in [2.45, 2.75) is 31.7 Å². The van der Waals surface area contributed by atoms with Gasteiger partial charge in [-0.15, -0.1) is 0 Å². The van der Waals surface area contributed by atoms with E-state index in [0.717, 1.165) is 6.54 Å². The predicted molar refractivity (Wildman–Crippen MR) is 50.0 cm³/mol. The smallest absolute Gasteiger partial charge is 0.104 e. The maximum Gasteiger partial charge on any atom is 0.104 e. The highest BCUT2D eigenvalue weighted by atomic mass is 35.5. The van der Waals surface area contributed by atoms with Gasteiger partial charge in [-0.05, 0) is 18.9 Å². The predicted octanol–water partition coefficient (Wildman–Crippen LogP) is 2.84. The Balaban J connectivity index is 2.07. The van der Waals surface area contributed by atoms with Crippen LogP contribution in [-0.2, 0) is 0 Å². The molecule has 0 bridgehead atoms. The van der Waals surface area contributed by atoms with Crippen LogP contribution in [0.2, 0.25) is 0 Å². The molecule has 11 heavy (non-hydrogen) atoms. The second-order valence-electron chi connectivity index (χ2n) is 2.88. The van der Waals surface area contributed by atoms with Crippen molar-refractivity contribution in [3.8, 4) is 0 Å². The Hall–Kier alpha value is 0.280. The van der Waals surface area contributed by atoms with E-state index < -0.39 is 0 Å². The highest BCUT2D eigenvalue weighted by Gasteiger charge is 2.12. The maximum absolute atomic E-state index is 5.45. The summed E-state index contributed by atoms with van der Waals surface area (Å²) in [6, 6.07) is 0.693. The normalized spacial score (nSPS) is 18.7. The standard InChI is InChI=1S/C8H13Cl2N/c9-8(10)5-6-11-7-3-1-2-4-7/h5,7,11H,1-4,6H2. The summed E-state index contributed by atoms with van der Waals surface area (Å²) in [5.74, 6) is 0. The molecule has 0 aromatic heterocycles. The van der Waals surface area contributed by atoms with Gasteiger partial charge < -0.3 is 5.32 Å². The second-order valence-corrected chi connectivity index (χ2v) is 3.89. The van der Waals surface area contributed by atoms with Gasteiger partial charge in [0.05, 0.1) is 0 Å². The van der Waals surface area contributed by atoms with Crippen molar-refractivity contribution in [2.75, 3.05) is 6.54 Å². The van der Waals surface area contributed by atoms with Crippen LogP contribution in [0.5, 0.6) is 0 Å². The van der Waals surface area contributed by atoms with Gasteiger partial charge in [-0.2, -0.15) is 0 Å². The zero-order valence-electron chi connectivity index (χ0n) is 6.45. The van der Waals surface area contributed by atoms with E-state index in [9.17, 15) is 0 Å². The van der Waals surface area contributed by atoms with Crippen LogP contribution in [0.1, 0.15) is 25.7 Å². The quantitative estimate of drug-likeness (QED) is 0.728. The zero-order chi connectivity index (χ0) is 8.10. The molecular weight excluding hydrogens is 181 g/mol. The average Bonchev–Trinajstić information content (AvgIpc) is 2.39. The minimum Gasteiger partial charge on any atom is -0.310 e. The van der Waals surface area contributed by atoms with Crippen molar-refractivity contribution in [3.05, 3.63) is 10.6 Å². The first kappa shape index (κ1) is 9.37. The molecule has 0 unspecified atom stereocenters. The fraction of sp³-hybridized carbons (Fsp3) is 0.750. The van der Waals surface area contributed by atoms with Crippen molar-refractivity contribution < 1.29 is 0 Å². The molecule has 0 saturated heterocycles. The number of halogens is 2. The van der Waals surface area contributed by atoms with Crippen molar-refractivity contribution in [3.63, 3.8) is 0 Å². The second kappa shape index (κ2) is 5.02. The van der Waals surface area contributed by atoms with Crippen LogP contribution in [0.3, 0.4) is 0 Å². The van der Waals surface area contributed by atoms with Gasteiger partial charge in [0.1, 0.15) is 4.49 Å². The molecule has 0 heterocycles. The lowest BCUT2D eigenvalue weighted by atomic mass is 10.2. The molecule has 0 aromatic rings. The molecule has 1 fully saturated rings. The molecule has 1 nitrogen and oxygen atoms in total. The molecule has 1 aliphatic carbocycles. The molecule has 1 saturated carbocycles. The van der Waals surface area contributed by atoms with Crippen molar-refractivity contribution in [1.29, 1.82) is 0 Å². The van der Waals surface area contributed by atoms with E-state index in [2.05, 4.69) is 5.32 Å². The average molecular weight is 194 g/mol. The molecule has 0 aliphatic heterocycles. The molecule has 1 aliphatic rings. The first-order valence-corrected chi connectivity index (χ1v) is 4.79. The number of hydrogen-bond donors (Lipinski definition) is 1. The molecule has 64 valence electrons. The van der Waals surface area contributed by atoms with Gasteiger partial charge >= 0.3 is 0 Å². The highest BCUT2D eigenvalue weighted by Crippen LogP contribution is 2.17. The minimum absolute atomic E-state index is 0.357. The van der Waals surface area contributed by atoms with E-state index in [0.29, 0.717) is 10.5 Å². The van der Waals surface area contributed by atoms with Gasteiger partial charge in [0.2, 0.25) is 0 Å². The fourth-order valence-electron chi connectivity index (χ4n) is 1.43. The van der Waals surface area contributed by atoms with Gasteiger partial charge in [0, 0.05) is 12.6 Å². The van der Waals surface area contributed by atoms with Gasteiger partial charge in [-0.1, -0.05) is 36.0 Å². The van der Waals surface area contributed by atoms with Crippen LogP contribution in [0.15, 0.2) is 10.6 Å². The van der Waals surface area contributed by atoms with E-state index in [-0.39, 0.29) is 0 Å². The number of rotatable bonds is 3. The van der Waals surface area contributed by atoms with Crippen LogP contribution in [0.4, 0.5) is 0 Å². The minimum atomic E-state index is 0.357. The van der Waals surface area contributed by atoms with Gasteiger partial charge in [0.25, 0.3) is 0 Å². The van der Waals surface area contributed by atoms with Crippen LogP contribution < -0.4 is 5.32 Å². The number of nitrogens with one attached hydrogen (secondary N) is 1. The third kappa shape index (κ3) is 4.00. The third-order valence-electron chi connectivity index (χ3n) is 2.02. The molecule has 0 aromatic carbocycles. The molecular formula is C8H13Cl2N. The monoisotopic (exact) mass is 193 g/mol. The van der Waals surface area contributed by atoms with E-state index in [1.165, 1.54) is 25.7 Å². The third-order valence-corrected chi connectivity index (χ3v) is 2.33. The summed E-state index contributed by atoms with van der Waals surface area (Å²) in [6.45, 7) is 0.799. The van der Waals surface area contributed by atoms with Crippen LogP contribution in [-0.4, -0.2) is 12.6 Å². The highest BCUT2D eigenvalue weighted by molar-refractivity contribution is 6.55. The Morgan fingerprint density at radius 1 is 1.36 bits per heavy atom. The molecule has 1 rings (SSSR count).